The summed E-state index contributed by atoms with van der Waals surface area (Å²) in [6.07, 6.45) is 2.96. The third kappa shape index (κ3) is 11.5. The van der Waals surface area contributed by atoms with Crippen LogP contribution in [0.1, 0.15) is 37.8 Å². The summed E-state index contributed by atoms with van der Waals surface area (Å²) in [7, 11) is 0. The smallest absolute Gasteiger partial charge is 0.326 e. The molecule has 39 heavy (non-hydrogen) atoms. The van der Waals surface area contributed by atoms with Crippen molar-refractivity contribution in [1.82, 2.24) is 16.0 Å². The number of thioether (sulfide) groups is 1. The molecule has 10 heteroatoms. The highest BCUT2D eigenvalue weighted by atomic mass is 32.2. The van der Waals surface area contributed by atoms with Gasteiger partial charge in [0.15, 0.2) is 0 Å². The van der Waals surface area contributed by atoms with Gasteiger partial charge >= 0.3 is 5.97 Å². The van der Waals surface area contributed by atoms with Gasteiger partial charge in [-0.25, -0.2) is 4.79 Å². The van der Waals surface area contributed by atoms with E-state index in [9.17, 15) is 24.3 Å². The van der Waals surface area contributed by atoms with Crippen LogP contribution in [0.4, 0.5) is 0 Å². The second-order valence-electron chi connectivity index (χ2n) is 9.92. The molecule has 4 unspecified atom stereocenters. The predicted octanol–water partition coefficient (Wildman–Crippen LogP) is 2.14. The fourth-order valence-electron chi connectivity index (χ4n) is 4.01. The van der Waals surface area contributed by atoms with Crippen molar-refractivity contribution in [3.05, 3.63) is 71.8 Å². The average molecular weight is 557 g/mol. The Hall–Kier alpha value is -3.37. The Morgan fingerprint density at radius 3 is 1.62 bits per heavy atom. The average Bonchev–Trinajstić information content (AvgIpc) is 2.91. The molecule has 0 spiro atoms. The van der Waals surface area contributed by atoms with Crippen LogP contribution in [0.3, 0.4) is 0 Å². The molecule has 6 N–H and O–H groups in total. The molecule has 0 saturated carbocycles. The van der Waals surface area contributed by atoms with Crippen molar-refractivity contribution in [2.45, 2.75) is 63.7 Å². The zero-order valence-corrected chi connectivity index (χ0v) is 23.6. The Balaban J connectivity index is 2.28. The molecule has 4 atom stereocenters. The van der Waals surface area contributed by atoms with Crippen molar-refractivity contribution in [3.8, 4) is 0 Å². The van der Waals surface area contributed by atoms with Gasteiger partial charge in [0, 0.05) is 12.8 Å². The van der Waals surface area contributed by atoms with Gasteiger partial charge in [0.2, 0.25) is 17.7 Å². The first kappa shape index (κ1) is 31.8. The Morgan fingerprint density at radius 2 is 1.21 bits per heavy atom. The summed E-state index contributed by atoms with van der Waals surface area (Å²) >= 11 is 1.57. The third-order valence-corrected chi connectivity index (χ3v) is 6.77. The topological polar surface area (TPSA) is 151 Å². The highest BCUT2D eigenvalue weighted by Crippen LogP contribution is 2.10. The first-order valence-electron chi connectivity index (χ1n) is 13.1. The lowest BCUT2D eigenvalue weighted by molar-refractivity contribution is -0.142. The number of carbonyl (C=O) groups is 4. The summed E-state index contributed by atoms with van der Waals surface area (Å²) in [5.41, 5.74) is 7.65. The van der Waals surface area contributed by atoms with Gasteiger partial charge in [-0.1, -0.05) is 74.5 Å². The fourth-order valence-corrected chi connectivity index (χ4v) is 4.50. The number of carbonyl (C=O) groups excluding carboxylic acids is 3. The van der Waals surface area contributed by atoms with Crippen LogP contribution in [-0.4, -0.2) is 65.0 Å². The van der Waals surface area contributed by atoms with E-state index in [1.165, 1.54) is 0 Å². The van der Waals surface area contributed by atoms with Gasteiger partial charge in [-0.05, 0) is 41.9 Å². The molecule has 0 aliphatic heterocycles. The third-order valence-electron chi connectivity index (χ3n) is 6.12. The molecule has 2 aromatic rings. The Kier molecular flexibility index (Phi) is 13.5. The van der Waals surface area contributed by atoms with E-state index in [1.54, 1.807) is 11.8 Å². The molecule has 3 amide bonds. The summed E-state index contributed by atoms with van der Waals surface area (Å²) in [5.74, 6) is -2.03. The second kappa shape index (κ2) is 16.6. The number of benzene rings is 2. The molecule has 0 saturated heterocycles. The van der Waals surface area contributed by atoms with Gasteiger partial charge in [0.1, 0.15) is 18.1 Å². The molecule has 2 rings (SSSR count). The van der Waals surface area contributed by atoms with Crippen molar-refractivity contribution in [3.63, 3.8) is 0 Å². The summed E-state index contributed by atoms with van der Waals surface area (Å²) < 4.78 is 0. The van der Waals surface area contributed by atoms with Gasteiger partial charge in [-0.15, -0.1) is 0 Å². The Labute approximate surface area is 234 Å². The summed E-state index contributed by atoms with van der Waals surface area (Å²) in [6.45, 7) is 3.73. The number of aliphatic carboxylic acids is 1. The van der Waals surface area contributed by atoms with Crippen LogP contribution in [0.5, 0.6) is 0 Å². The molecule has 0 aromatic heterocycles. The van der Waals surface area contributed by atoms with E-state index >= 15 is 0 Å². The quantitative estimate of drug-likeness (QED) is 0.213. The van der Waals surface area contributed by atoms with Crippen molar-refractivity contribution < 1.29 is 24.3 Å². The number of amides is 3. The van der Waals surface area contributed by atoms with Crippen LogP contribution in [0.25, 0.3) is 0 Å². The van der Waals surface area contributed by atoms with E-state index in [1.807, 2.05) is 80.8 Å². The minimum Gasteiger partial charge on any atom is -0.480 e. The minimum atomic E-state index is -1.14. The lowest BCUT2D eigenvalue weighted by atomic mass is 10.0. The SMILES string of the molecule is CSCCC(N)C(=O)NC(Cc1ccccc1)C(=O)NC(Cc1ccccc1)C(=O)NC(CC(C)C)C(=O)O. The van der Waals surface area contributed by atoms with Crippen LogP contribution < -0.4 is 21.7 Å². The highest BCUT2D eigenvalue weighted by molar-refractivity contribution is 7.98. The van der Waals surface area contributed by atoms with E-state index in [2.05, 4.69) is 16.0 Å². The molecule has 9 nitrogen and oxygen atoms in total. The second-order valence-corrected chi connectivity index (χ2v) is 10.9. The maximum absolute atomic E-state index is 13.6. The molecule has 0 heterocycles. The van der Waals surface area contributed by atoms with Crippen LogP contribution in [-0.2, 0) is 32.0 Å². The van der Waals surface area contributed by atoms with Crippen LogP contribution in [0.15, 0.2) is 60.7 Å². The van der Waals surface area contributed by atoms with Gasteiger partial charge in [-0.3, -0.25) is 14.4 Å². The van der Waals surface area contributed by atoms with Crippen molar-refractivity contribution in [2.24, 2.45) is 11.7 Å². The first-order valence-corrected chi connectivity index (χ1v) is 14.5. The zero-order chi connectivity index (χ0) is 28.8. The number of hydrogen-bond donors (Lipinski definition) is 5. The summed E-state index contributed by atoms with van der Waals surface area (Å²) in [5, 5.41) is 17.7. The molecular weight excluding hydrogens is 516 g/mol. The van der Waals surface area contributed by atoms with Gasteiger partial charge in [-0.2, -0.15) is 11.8 Å². The molecule has 0 aliphatic carbocycles. The number of carboxylic acids is 1. The van der Waals surface area contributed by atoms with Crippen molar-refractivity contribution >= 4 is 35.5 Å². The predicted molar refractivity (Wildman–Crippen MR) is 154 cm³/mol. The van der Waals surface area contributed by atoms with E-state index in [0.717, 1.165) is 11.1 Å². The highest BCUT2D eigenvalue weighted by Gasteiger charge is 2.31. The lowest BCUT2D eigenvalue weighted by Crippen LogP contribution is -2.58. The molecule has 0 radical (unpaired) electrons. The van der Waals surface area contributed by atoms with Crippen molar-refractivity contribution in [1.29, 1.82) is 0 Å². The standard InChI is InChI=1S/C29H40N4O5S/c1-19(2)16-25(29(37)38)33-28(36)24(18-21-12-8-5-9-13-21)32-27(35)23(17-20-10-6-4-7-11-20)31-26(34)22(30)14-15-39-3/h4-13,19,22-25H,14-18,30H2,1-3H3,(H,31,34)(H,32,35)(H,33,36)(H,37,38). The largest absolute Gasteiger partial charge is 0.480 e. The maximum atomic E-state index is 13.6. The minimum absolute atomic E-state index is 0.0364. The Bertz CT molecular complexity index is 1070. The first-order chi connectivity index (χ1) is 18.6. The molecule has 0 bridgehead atoms. The number of nitrogens with one attached hydrogen (secondary N) is 3. The molecule has 0 fully saturated rings. The van der Waals surface area contributed by atoms with Crippen molar-refractivity contribution in [2.75, 3.05) is 12.0 Å². The summed E-state index contributed by atoms with van der Waals surface area (Å²) in [4.78, 5) is 51.5. The van der Waals surface area contributed by atoms with Gasteiger partial charge in [0.05, 0.1) is 6.04 Å². The number of hydrogen-bond acceptors (Lipinski definition) is 6. The van der Waals surface area contributed by atoms with E-state index < -0.39 is 47.9 Å². The maximum Gasteiger partial charge on any atom is 0.326 e. The molecule has 212 valence electrons. The molecular formula is C29H40N4O5S. The number of carboxylic acid groups (broad SMARTS) is 1. The van der Waals surface area contributed by atoms with E-state index in [0.29, 0.717) is 12.2 Å². The van der Waals surface area contributed by atoms with Crippen LogP contribution >= 0.6 is 11.8 Å². The van der Waals surface area contributed by atoms with E-state index in [4.69, 9.17) is 5.73 Å². The van der Waals surface area contributed by atoms with Crippen LogP contribution in [0, 0.1) is 5.92 Å². The zero-order valence-electron chi connectivity index (χ0n) is 22.8. The van der Waals surface area contributed by atoms with Gasteiger partial charge in [0.25, 0.3) is 0 Å². The van der Waals surface area contributed by atoms with Crippen LogP contribution in [0.2, 0.25) is 0 Å². The number of nitrogens with two attached hydrogens (primary N) is 1. The summed E-state index contributed by atoms with van der Waals surface area (Å²) in [6, 6.07) is 14.4. The van der Waals surface area contributed by atoms with Gasteiger partial charge < -0.3 is 26.8 Å². The van der Waals surface area contributed by atoms with E-state index in [-0.39, 0.29) is 25.2 Å². The molecule has 0 aliphatic rings. The fraction of sp³-hybridized carbons (Fsp3) is 0.448. The Morgan fingerprint density at radius 1 is 0.769 bits per heavy atom. The molecule has 2 aromatic carbocycles. The number of rotatable bonds is 16. The monoisotopic (exact) mass is 556 g/mol. The lowest BCUT2D eigenvalue weighted by Gasteiger charge is -2.26. The normalized spacial score (nSPS) is 14.1.